The van der Waals surface area contributed by atoms with Gasteiger partial charge in [0.05, 0.1) is 5.41 Å². The Morgan fingerprint density at radius 2 is 1.80 bits per heavy atom. The van der Waals surface area contributed by atoms with Gasteiger partial charge in [-0.1, -0.05) is 48.5 Å². The molecule has 1 atom stereocenters. The highest BCUT2D eigenvalue weighted by molar-refractivity contribution is 5.78. The van der Waals surface area contributed by atoms with Crippen LogP contribution in [0.25, 0.3) is 0 Å². The van der Waals surface area contributed by atoms with Gasteiger partial charge in [-0.05, 0) is 30.0 Å². The number of benzene rings is 2. The van der Waals surface area contributed by atoms with E-state index in [9.17, 15) is 9.90 Å². The Balaban J connectivity index is 1.93. The van der Waals surface area contributed by atoms with Crippen molar-refractivity contribution < 1.29 is 9.90 Å². The summed E-state index contributed by atoms with van der Waals surface area (Å²) in [5.74, 6) is -0.733. The molecule has 3 nitrogen and oxygen atoms in total. The second-order valence-electron chi connectivity index (χ2n) is 5.44. The Kier molecular flexibility index (Phi) is 3.18. The monoisotopic (exact) mass is 267 g/mol. The molecule has 1 heterocycles. The molecular formula is C17H17NO2. The van der Waals surface area contributed by atoms with Crippen LogP contribution in [0, 0.1) is 5.41 Å². The second-order valence-corrected chi connectivity index (χ2v) is 5.44. The lowest BCUT2D eigenvalue weighted by atomic mass is 9.74. The highest BCUT2D eigenvalue weighted by Gasteiger charge is 2.41. The normalized spacial score (nSPS) is 20.8. The predicted molar refractivity (Wildman–Crippen MR) is 78.9 cm³/mol. The third kappa shape index (κ3) is 2.27. The van der Waals surface area contributed by atoms with Crippen LogP contribution >= 0.6 is 0 Å². The van der Waals surface area contributed by atoms with E-state index in [1.165, 1.54) is 0 Å². The standard InChI is InChI=1S/C17H17NO2/c19-16(20)17(10-13-6-2-1-3-7-13)11-14-8-4-5-9-15(14)18-12-17/h1-9,18H,10-12H2,(H,19,20)/t17-/m1/s1. The maximum absolute atomic E-state index is 11.9. The molecule has 0 saturated heterocycles. The Bertz CT molecular complexity index is 624. The molecule has 0 aromatic heterocycles. The first-order chi connectivity index (χ1) is 9.70. The van der Waals surface area contributed by atoms with Crippen molar-refractivity contribution in [1.29, 1.82) is 0 Å². The van der Waals surface area contributed by atoms with E-state index in [1.54, 1.807) is 0 Å². The van der Waals surface area contributed by atoms with Crippen LogP contribution in [0.1, 0.15) is 11.1 Å². The molecule has 0 amide bonds. The van der Waals surface area contributed by atoms with Gasteiger partial charge in [0.2, 0.25) is 0 Å². The molecular weight excluding hydrogens is 250 g/mol. The number of aliphatic carboxylic acids is 1. The summed E-state index contributed by atoms with van der Waals surface area (Å²) in [6.07, 6.45) is 1.12. The summed E-state index contributed by atoms with van der Waals surface area (Å²) in [7, 11) is 0. The van der Waals surface area contributed by atoms with E-state index >= 15 is 0 Å². The summed E-state index contributed by atoms with van der Waals surface area (Å²) >= 11 is 0. The summed E-state index contributed by atoms with van der Waals surface area (Å²) in [5, 5.41) is 13.0. The Hall–Kier alpha value is -2.29. The zero-order valence-electron chi connectivity index (χ0n) is 11.2. The van der Waals surface area contributed by atoms with E-state index in [1.807, 2.05) is 54.6 Å². The third-order valence-corrected chi connectivity index (χ3v) is 4.00. The molecule has 2 aromatic rings. The fourth-order valence-electron chi connectivity index (χ4n) is 2.88. The molecule has 1 aliphatic heterocycles. The smallest absolute Gasteiger partial charge is 0.312 e. The summed E-state index contributed by atoms with van der Waals surface area (Å²) in [6.45, 7) is 0.467. The van der Waals surface area contributed by atoms with Crippen molar-refractivity contribution in [2.24, 2.45) is 5.41 Å². The van der Waals surface area contributed by atoms with Crippen molar-refractivity contribution in [2.75, 3.05) is 11.9 Å². The largest absolute Gasteiger partial charge is 0.481 e. The van der Waals surface area contributed by atoms with Crippen molar-refractivity contribution in [3.63, 3.8) is 0 Å². The van der Waals surface area contributed by atoms with Crippen LogP contribution in [0.2, 0.25) is 0 Å². The number of hydrogen-bond donors (Lipinski definition) is 2. The summed E-state index contributed by atoms with van der Waals surface area (Å²) in [6, 6.07) is 17.8. The van der Waals surface area contributed by atoms with E-state index in [2.05, 4.69) is 5.32 Å². The van der Waals surface area contributed by atoms with Crippen LogP contribution in [-0.2, 0) is 17.6 Å². The van der Waals surface area contributed by atoms with Crippen molar-refractivity contribution in [3.8, 4) is 0 Å². The fraction of sp³-hybridized carbons (Fsp3) is 0.235. The molecule has 2 N–H and O–H groups in total. The summed E-state index contributed by atoms with van der Waals surface area (Å²) in [4.78, 5) is 11.9. The van der Waals surface area contributed by atoms with E-state index < -0.39 is 11.4 Å². The molecule has 0 aliphatic carbocycles. The lowest BCUT2D eigenvalue weighted by molar-refractivity contribution is -0.148. The van der Waals surface area contributed by atoms with Crippen LogP contribution in [0.5, 0.6) is 0 Å². The first-order valence-corrected chi connectivity index (χ1v) is 6.79. The zero-order valence-corrected chi connectivity index (χ0v) is 11.2. The van der Waals surface area contributed by atoms with Gasteiger partial charge in [-0.15, -0.1) is 0 Å². The van der Waals surface area contributed by atoms with E-state index in [0.29, 0.717) is 19.4 Å². The maximum atomic E-state index is 11.9. The van der Waals surface area contributed by atoms with Gasteiger partial charge in [0.25, 0.3) is 0 Å². The minimum absolute atomic E-state index is 0.467. The molecule has 0 spiro atoms. The van der Waals surface area contributed by atoms with Gasteiger partial charge in [-0.3, -0.25) is 4.79 Å². The quantitative estimate of drug-likeness (QED) is 0.899. The number of nitrogens with one attached hydrogen (secondary N) is 1. The number of rotatable bonds is 3. The van der Waals surface area contributed by atoms with Crippen molar-refractivity contribution in [2.45, 2.75) is 12.8 Å². The first kappa shape index (κ1) is 12.7. The van der Waals surface area contributed by atoms with Crippen LogP contribution < -0.4 is 5.32 Å². The topological polar surface area (TPSA) is 49.3 Å². The predicted octanol–water partition coefficient (Wildman–Crippen LogP) is 2.97. The highest BCUT2D eigenvalue weighted by atomic mass is 16.4. The van der Waals surface area contributed by atoms with Crippen LogP contribution in [0.15, 0.2) is 54.6 Å². The Morgan fingerprint density at radius 3 is 2.55 bits per heavy atom. The molecule has 0 fully saturated rings. The molecule has 0 unspecified atom stereocenters. The van der Waals surface area contributed by atoms with E-state index in [4.69, 9.17) is 0 Å². The zero-order chi connectivity index (χ0) is 14.0. The first-order valence-electron chi connectivity index (χ1n) is 6.79. The molecule has 3 heteroatoms. The highest BCUT2D eigenvalue weighted by Crippen LogP contribution is 2.35. The molecule has 2 aromatic carbocycles. The molecule has 0 saturated carbocycles. The van der Waals surface area contributed by atoms with Crippen molar-refractivity contribution in [3.05, 3.63) is 65.7 Å². The molecule has 1 aliphatic rings. The van der Waals surface area contributed by atoms with Gasteiger partial charge in [-0.25, -0.2) is 0 Å². The number of fused-ring (bicyclic) bond motifs is 1. The average Bonchev–Trinajstić information content (AvgIpc) is 2.48. The van der Waals surface area contributed by atoms with Gasteiger partial charge in [0.1, 0.15) is 0 Å². The second kappa shape index (κ2) is 5.00. The molecule has 102 valence electrons. The van der Waals surface area contributed by atoms with Crippen molar-refractivity contribution in [1.82, 2.24) is 0 Å². The third-order valence-electron chi connectivity index (χ3n) is 4.00. The fourth-order valence-corrected chi connectivity index (χ4v) is 2.88. The molecule has 0 bridgehead atoms. The van der Waals surface area contributed by atoms with Gasteiger partial charge >= 0.3 is 5.97 Å². The molecule has 0 radical (unpaired) electrons. The average molecular weight is 267 g/mol. The molecule has 20 heavy (non-hydrogen) atoms. The summed E-state index contributed by atoms with van der Waals surface area (Å²) in [5.41, 5.74) is 2.43. The van der Waals surface area contributed by atoms with Crippen LogP contribution in [0.3, 0.4) is 0 Å². The Labute approximate surface area is 118 Å². The van der Waals surface area contributed by atoms with E-state index in [0.717, 1.165) is 16.8 Å². The SMILES string of the molecule is O=C(O)[C@@]1(Cc2ccccc2)CNc2ccccc2C1. The summed E-state index contributed by atoms with van der Waals surface area (Å²) < 4.78 is 0. The maximum Gasteiger partial charge on any atom is 0.312 e. The number of carboxylic acid groups (broad SMARTS) is 1. The Morgan fingerprint density at radius 1 is 1.10 bits per heavy atom. The van der Waals surface area contributed by atoms with E-state index in [-0.39, 0.29) is 0 Å². The number of carboxylic acids is 1. The van der Waals surface area contributed by atoms with Gasteiger partial charge in [-0.2, -0.15) is 0 Å². The number of anilines is 1. The number of carbonyl (C=O) groups is 1. The van der Waals surface area contributed by atoms with Gasteiger partial charge in [0, 0.05) is 12.2 Å². The van der Waals surface area contributed by atoms with Crippen LogP contribution in [0.4, 0.5) is 5.69 Å². The van der Waals surface area contributed by atoms with Gasteiger partial charge in [0.15, 0.2) is 0 Å². The van der Waals surface area contributed by atoms with Gasteiger partial charge < -0.3 is 10.4 Å². The minimum Gasteiger partial charge on any atom is -0.481 e. The van der Waals surface area contributed by atoms with Crippen LogP contribution in [-0.4, -0.2) is 17.6 Å². The minimum atomic E-state index is -0.768. The number of hydrogen-bond acceptors (Lipinski definition) is 2. The number of para-hydroxylation sites is 1. The lowest BCUT2D eigenvalue weighted by Crippen LogP contribution is -2.44. The lowest BCUT2D eigenvalue weighted by Gasteiger charge is -2.35. The van der Waals surface area contributed by atoms with Crippen molar-refractivity contribution >= 4 is 11.7 Å². The molecule has 3 rings (SSSR count).